The molecule has 0 spiro atoms. The van der Waals surface area contributed by atoms with Gasteiger partial charge >= 0.3 is 0 Å². The van der Waals surface area contributed by atoms with Crippen LogP contribution in [0.5, 0.6) is 0 Å². The average Bonchev–Trinajstić information content (AvgIpc) is 2.42. The first-order valence-electron chi connectivity index (χ1n) is 6.48. The summed E-state index contributed by atoms with van der Waals surface area (Å²) in [6.45, 7) is 2.67. The first kappa shape index (κ1) is 13.5. The van der Waals surface area contributed by atoms with Crippen LogP contribution >= 0.6 is 0 Å². The van der Waals surface area contributed by atoms with Crippen molar-refractivity contribution in [3.05, 3.63) is 41.6 Å². The molecule has 0 aliphatic heterocycles. The van der Waals surface area contributed by atoms with E-state index in [1.807, 2.05) is 31.2 Å². The summed E-state index contributed by atoms with van der Waals surface area (Å²) >= 11 is 0. The van der Waals surface area contributed by atoms with E-state index in [-0.39, 0.29) is 12.5 Å². The predicted molar refractivity (Wildman–Crippen MR) is 75.1 cm³/mol. The summed E-state index contributed by atoms with van der Waals surface area (Å²) in [7, 11) is 0. The molecular weight excluding hydrogens is 240 g/mol. The highest BCUT2D eigenvalue weighted by atomic mass is 16.2. The zero-order chi connectivity index (χ0) is 13.7. The van der Waals surface area contributed by atoms with Gasteiger partial charge in [-0.05, 0) is 38.0 Å². The zero-order valence-corrected chi connectivity index (χ0v) is 11.0. The van der Waals surface area contributed by atoms with Crippen molar-refractivity contribution in [3.63, 3.8) is 0 Å². The molecule has 4 heteroatoms. The van der Waals surface area contributed by atoms with Crippen molar-refractivity contribution >= 4 is 16.8 Å². The number of aliphatic hydroxyl groups excluding tert-OH is 1. The number of fused-ring (bicyclic) bond motifs is 1. The zero-order valence-electron chi connectivity index (χ0n) is 11.0. The quantitative estimate of drug-likeness (QED) is 0.807. The van der Waals surface area contributed by atoms with Crippen LogP contribution in [0.1, 0.15) is 28.9 Å². The van der Waals surface area contributed by atoms with Gasteiger partial charge in [-0.2, -0.15) is 0 Å². The lowest BCUT2D eigenvalue weighted by atomic mass is 10.1. The average molecular weight is 258 g/mol. The summed E-state index contributed by atoms with van der Waals surface area (Å²) in [6.07, 6.45) is 1.49. The molecule has 0 aliphatic carbocycles. The second-order valence-electron chi connectivity index (χ2n) is 4.51. The molecule has 1 amide bonds. The molecule has 1 aromatic carbocycles. The number of benzene rings is 1. The Morgan fingerprint density at radius 2 is 2.11 bits per heavy atom. The number of pyridine rings is 1. The van der Waals surface area contributed by atoms with Gasteiger partial charge in [0.25, 0.3) is 5.91 Å². The van der Waals surface area contributed by atoms with E-state index in [0.717, 1.165) is 23.0 Å². The molecule has 0 atom stereocenters. The normalized spacial score (nSPS) is 10.6. The first-order chi connectivity index (χ1) is 9.22. The van der Waals surface area contributed by atoms with Crippen molar-refractivity contribution in [2.75, 3.05) is 13.2 Å². The van der Waals surface area contributed by atoms with E-state index in [4.69, 9.17) is 5.11 Å². The largest absolute Gasteiger partial charge is 0.396 e. The summed E-state index contributed by atoms with van der Waals surface area (Å²) in [6, 6.07) is 9.40. The minimum Gasteiger partial charge on any atom is -0.396 e. The van der Waals surface area contributed by atoms with Gasteiger partial charge < -0.3 is 10.4 Å². The fourth-order valence-electron chi connectivity index (χ4n) is 1.99. The molecule has 19 heavy (non-hydrogen) atoms. The van der Waals surface area contributed by atoms with E-state index in [1.54, 1.807) is 6.07 Å². The van der Waals surface area contributed by atoms with E-state index in [9.17, 15) is 4.79 Å². The van der Waals surface area contributed by atoms with Gasteiger partial charge in [0, 0.05) is 29.8 Å². The van der Waals surface area contributed by atoms with E-state index >= 15 is 0 Å². The number of rotatable bonds is 5. The Balaban J connectivity index is 2.17. The van der Waals surface area contributed by atoms with Crippen molar-refractivity contribution in [2.45, 2.75) is 19.8 Å². The summed E-state index contributed by atoms with van der Waals surface area (Å²) in [4.78, 5) is 16.5. The Morgan fingerprint density at radius 3 is 2.89 bits per heavy atom. The summed E-state index contributed by atoms with van der Waals surface area (Å²) < 4.78 is 0. The molecule has 0 fully saturated rings. The molecule has 0 radical (unpaired) electrons. The fourth-order valence-corrected chi connectivity index (χ4v) is 1.99. The smallest absolute Gasteiger partial charge is 0.251 e. The maximum Gasteiger partial charge on any atom is 0.251 e. The topological polar surface area (TPSA) is 62.2 Å². The highest BCUT2D eigenvalue weighted by molar-refractivity contribution is 6.06. The molecule has 2 N–H and O–H groups in total. The van der Waals surface area contributed by atoms with Crippen LogP contribution in [0.2, 0.25) is 0 Å². The van der Waals surface area contributed by atoms with Crippen LogP contribution < -0.4 is 5.32 Å². The van der Waals surface area contributed by atoms with Crippen LogP contribution in [0.4, 0.5) is 0 Å². The monoisotopic (exact) mass is 258 g/mol. The van der Waals surface area contributed by atoms with Crippen LogP contribution in [0.25, 0.3) is 10.9 Å². The number of aryl methyl sites for hydroxylation is 1. The van der Waals surface area contributed by atoms with Gasteiger partial charge in [0.2, 0.25) is 0 Å². The molecule has 0 unspecified atom stereocenters. The van der Waals surface area contributed by atoms with Crippen molar-refractivity contribution in [1.29, 1.82) is 0 Å². The number of nitrogens with one attached hydrogen (secondary N) is 1. The number of carbonyl (C=O) groups is 1. The Bertz CT molecular complexity index is 581. The van der Waals surface area contributed by atoms with Crippen LogP contribution in [0.3, 0.4) is 0 Å². The van der Waals surface area contributed by atoms with E-state index < -0.39 is 0 Å². The molecule has 0 saturated carbocycles. The minimum atomic E-state index is -0.0887. The van der Waals surface area contributed by atoms with Gasteiger partial charge in [-0.25, -0.2) is 0 Å². The molecule has 1 aromatic heterocycles. The Labute approximate surface area is 112 Å². The van der Waals surface area contributed by atoms with Gasteiger partial charge in [0.15, 0.2) is 0 Å². The molecule has 2 rings (SSSR count). The number of carbonyl (C=O) groups excluding carboxylic acids is 1. The fraction of sp³-hybridized carbons (Fsp3) is 0.333. The third-order valence-electron chi connectivity index (χ3n) is 2.99. The Hall–Kier alpha value is -1.94. The van der Waals surface area contributed by atoms with Gasteiger partial charge in [-0.1, -0.05) is 12.1 Å². The maximum atomic E-state index is 12.1. The molecule has 100 valence electrons. The van der Waals surface area contributed by atoms with E-state index in [0.29, 0.717) is 18.5 Å². The molecule has 2 aromatic rings. The molecule has 4 nitrogen and oxygen atoms in total. The predicted octanol–water partition coefficient (Wildman–Crippen LogP) is 2.05. The van der Waals surface area contributed by atoms with Crippen LogP contribution in [-0.2, 0) is 0 Å². The van der Waals surface area contributed by atoms with Crippen molar-refractivity contribution in [2.24, 2.45) is 0 Å². The van der Waals surface area contributed by atoms with Crippen molar-refractivity contribution < 1.29 is 9.90 Å². The first-order valence-corrected chi connectivity index (χ1v) is 6.48. The second-order valence-corrected chi connectivity index (χ2v) is 4.51. The number of hydrogen-bond donors (Lipinski definition) is 2. The number of unbranched alkanes of at least 4 members (excludes halogenated alkanes) is 1. The third-order valence-corrected chi connectivity index (χ3v) is 2.99. The number of amides is 1. The van der Waals surface area contributed by atoms with E-state index in [2.05, 4.69) is 10.3 Å². The van der Waals surface area contributed by atoms with Crippen molar-refractivity contribution in [3.8, 4) is 0 Å². The van der Waals surface area contributed by atoms with Crippen LogP contribution in [0, 0.1) is 6.92 Å². The lowest BCUT2D eigenvalue weighted by Gasteiger charge is -2.08. The summed E-state index contributed by atoms with van der Waals surface area (Å²) in [5.41, 5.74) is 2.42. The van der Waals surface area contributed by atoms with Crippen LogP contribution in [-0.4, -0.2) is 29.1 Å². The highest BCUT2D eigenvalue weighted by Crippen LogP contribution is 2.17. The number of nitrogens with zero attached hydrogens (tertiary/aromatic N) is 1. The van der Waals surface area contributed by atoms with Crippen molar-refractivity contribution in [1.82, 2.24) is 10.3 Å². The molecule has 1 heterocycles. The Morgan fingerprint density at radius 1 is 1.26 bits per heavy atom. The maximum absolute atomic E-state index is 12.1. The molecular formula is C15H18N2O2. The van der Waals surface area contributed by atoms with Crippen LogP contribution in [0.15, 0.2) is 30.3 Å². The van der Waals surface area contributed by atoms with E-state index in [1.165, 1.54) is 0 Å². The third kappa shape index (κ3) is 3.29. The summed E-state index contributed by atoms with van der Waals surface area (Å²) in [5, 5.41) is 12.4. The molecule has 0 saturated heterocycles. The molecule has 0 bridgehead atoms. The number of hydrogen-bond acceptors (Lipinski definition) is 3. The second kappa shape index (κ2) is 6.29. The number of aromatic nitrogens is 1. The lowest BCUT2D eigenvalue weighted by molar-refractivity contribution is 0.0953. The van der Waals surface area contributed by atoms with Gasteiger partial charge in [0.05, 0.1) is 5.52 Å². The SMILES string of the molecule is Cc1ccc2c(C(=O)NCCCCO)cccc2n1. The standard InChI is InChI=1S/C15H18N2O2/c1-11-7-8-12-13(5-4-6-14(12)17-11)15(19)16-9-2-3-10-18/h4-8,18H,2-3,9-10H2,1H3,(H,16,19). The van der Waals surface area contributed by atoms with Gasteiger partial charge in [0.1, 0.15) is 0 Å². The highest BCUT2D eigenvalue weighted by Gasteiger charge is 2.09. The van der Waals surface area contributed by atoms with Gasteiger partial charge in [-0.3, -0.25) is 9.78 Å². The Kier molecular flexibility index (Phi) is 4.47. The summed E-state index contributed by atoms with van der Waals surface area (Å²) in [5.74, 6) is -0.0887. The minimum absolute atomic E-state index is 0.0887. The number of aliphatic hydroxyl groups is 1. The van der Waals surface area contributed by atoms with Gasteiger partial charge in [-0.15, -0.1) is 0 Å². The lowest BCUT2D eigenvalue weighted by Crippen LogP contribution is -2.24. The molecule has 0 aliphatic rings.